The van der Waals surface area contributed by atoms with Gasteiger partial charge in [0.05, 0.1) is 11.4 Å². The van der Waals surface area contributed by atoms with Gasteiger partial charge in [0, 0.05) is 55.6 Å². The molecule has 1 aliphatic heterocycles. The van der Waals surface area contributed by atoms with Crippen molar-refractivity contribution < 1.29 is 13.4 Å². The zero-order chi connectivity index (χ0) is 25.3. The molecule has 1 N–H and O–H groups in total. The minimum absolute atomic E-state index is 0.0235. The number of carbonyl (C=O) groups excluding carboxylic acids is 1. The topological polar surface area (TPSA) is 78.7 Å². The van der Waals surface area contributed by atoms with Crippen molar-refractivity contribution in [1.82, 2.24) is 20.1 Å². The third kappa shape index (κ3) is 7.85. The predicted molar refractivity (Wildman–Crippen MR) is 144 cm³/mol. The Balaban J connectivity index is 1.11. The smallest absolute Gasteiger partial charge is 0.232 e. The summed E-state index contributed by atoms with van der Waals surface area (Å²) in [4.78, 5) is 21.7. The maximum Gasteiger partial charge on any atom is 0.232 e. The van der Waals surface area contributed by atoms with E-state index in [1.807, 2.05) is 38.1 Å². The molecule has 1 aromatic heterocycles. The summed E-state index contributed by atoms with van der Waals surface area (Å²) in [5.74, 6) is 1.17. The van der Waals surface area contributed by atoms with E-state index in [0.717, 1.165) is 56.8 Å². The Morgan fingerprint density at radius 2 is 1.69 bits per heavy atom. The van der Waals surface area contributed by atoms with Crippen molar-refractivity contribution in [2.24, 2.45) is 0 Å². The van der Waals surface area contributed by atoms with E-state index in [9.17, 15) is 9.00 Å². The van der Waals surface area contributed by atoms with E-state index in [0.29, 0.717) is 23.9 Å². The number of benzene rings is 2. The quantitative estimate of drug-likeness (QED) is 0.399. The largest absolute Gasteiger partial charge is 0.441 e. The number of aromatic nitrogens is 1. The van der Waals surface area contributed by atoms with Crippen LogP contribution in [0.4, 0.5) is 0 Å². The van der Waals surface area contributed by atoms with Crippen LogP contribution in [-0.2, 0) is 27.9 Å². The minimum atomic E-state index is -1.34. The number of hydrogen-bond acceptors (Lipinski definition) is 6. The standard InChI is InChI=1S/C28H36N4O3S/c1-22-9-11-25(12-10-22)28-30-26(23(2)35-28)20-36(34)21-27(33)29-13-6-14-31-15-17-32(18-16-31)19-24-7-4-3-5-8-24/h3-5,7-12H,6,13-21H2,1-2H3,(H,29,33)/t36-/m0/s1. The van der Waals surface area contributed by atoms with Crippen LogP contribution in [0.3, 0.4) is 0 Å². The van der Waals surface area contributed by atoms with Crippen LogP contribution in [0.1, 0.15) is 29.0 Å². The Kier molecular flexibility index (Phi) is 9.44. The molecule has 7 nitrogen and oxygen atoms in total. The lowest BCUT2D eigenvalue weighted by Gasteiger charge is -2.34. The summed E-state index contributed by atoms with van der Waals surface area (Å²) in [7, 11) is -1.34. The lowest BCUT2D eigenvalue weighted by Crippen LogP contribution is -2.46. The normalized spacial score (nSPS) is 15.6. The number of nitrogens with zero attached hydrogens (tertiary/aromatic N) is 3. The number of piperazine rings is 1. The number of aryl methyl sites for hydroxylation is 2. The molecule has 4 rings (SSSR count). The monoisotopic (exact) mass is 508 g/mol. The molecule has 0 aliphatic carbocycles. The maximum atomic E-state index is 12.6. The van der Waals surface area contributed by atoms with Gasteiger partial charge in [-0.3, -0.25) is 13.9 Å². The molecule has 0 spiro atoms. The third-order valence-electron chi connectivity index (χ3n) is 6.47. The molecule has 0 radical (unpaired) electrons. The highest BCUT2D eigenvalue weighted by Gasteiger charge is 2.18. The molecule has 3 aromatic rings. The molecule has 8 heteroatoms. The van der Waals surface area contributed by atoms with Gasteiger partial charge in [0.25, 0.3) is 0 Å². The maximum absolute atomic E-state index is 12.6. The van der Waals surface area contributed by atoms with E-state index in [1.54, 1.807) is 0 Å². The highest BCUT2D eigenvalue weighted by Crippen LogP contribution is 2.23. The van der Waals surface area contributed by atoms with Crippen LogP contribution in [0.5, 0.6) is 0 Å². The fourth-order valence-corrected chi connectivity index (χ4v) is 5.39. The average Bonchev–Trinajstić information content (AvgIpc) is 3.23. The summed E-state index contributed by atoms with van der Waals surface area (Å²) in [6.07, 6.45) is 0.888. The van der Waals surface area contributed by atoms with Crippen LogP contribution in [0, 0.1) is 13.8 Å². The van der Waals surface area contributed by atoms with Gasteiger partial charge in [-0.25, -0.2) is 4.98 Å². The van der Waals surface area contributed by atoms with E-state index in [4.69, 9.17) is 4.42 Å². The molecule has 1 fully saturated rings. The zero-order valence-electron chi connectivity index (χ0n) is 21.2. The Labute approximate surface area is 216 Å². The number of rotatable bonds is 11. The Morgan fingerprint density at radius 1 is 1.00 bits per heavy atom. The van der Waals surface area contributed by atoms with Gasteiger partial charge >= 0.3 is 0 Å². The lowest BCUT2D eigenvalue weighted by atomic mass is 10.1. The molecular weight excluding hydrogens is 472 g/mol. The van der Waals surface area contributed by atoms with Crippen LogP contribution in [0.15, 0.2) is 59.0 Å². The van der Waals surface area contributed by atoms with Gasteiger partial charge in [0.2, 0.25) is 11.8 Å². The molecule has 1 aliphatic rings. The van der Waals surface area contributed by atoms with Crippen LogP contribution in [-0.4, -0.2) is 69.9 Å². The fraction of sp³-hybridized carbons (Fsp3) is 0.429. The molecule has 0 saturated carbocycles. The Morgan fingerprint density at radius 3 is 2.42 bits per heavy atom. The molecule has 36 heavy (non-hydrogen) atoms. The number of hydrogen-bond donors (Lipinski definition) is 1. The minimum Gasteiger partial charge on any atom is -0.441 e. The first-order valence-corrected chi connectivity index (χ1v) is 14.1. The van der Waals surface area contributed by atoms with E-state index in [1.165, 1.54) is 5.56 Å². The zero-order valence-corrected chi connectivity index (χ0v) is 22.1. The molecule has 1 amide bonds. The van der Waals surface area contributed by atoms with Crippen molar-refractivity contribution in [3.8, 4) is 11.5 Å². The second kappa shape index (κ2) is 12.9. The number of amides is 1. The van der Waals surface area contributed by atoms with Crippen molar-refractivity contribution >= 4 is 16.7 Å². The van der Waals surface area contributed by atoms with Gasteiger partial charge in [-0.15, -0.1) is 0 Å². The number of nitrogens with one attached hydrogen (secondary N) is 1. The first-order valence-electron chi connectivity index (χ1n) is 12.6. The van der Waals surface area contributed by atoms with Gasteiger partial charge < -0.3 is 14.6 Å². The van der Waals surface area contributed by atoms with Crippen molar-refractivity contribution in [3.05, 3.63) is 77.2 Å². The van der Waals surface area contributed by atoms with E-state index >= 15 is 0 Å². The first-order chi connectivity index (χ1) is 17.5. The van der Waals surface area contributed by atoms with Crippen LogP contribution in [0.25, 0.3) is 11.5 Å². The lowest BCUT2D eigenvalue weighted by molar-refractivity contribution is -0.118. The average molecular weight is 509 g/mol. The second-order valence-electron chi connectivity index (χ2n) is 9.42. The van der Waals surface area contributed by atoms with Gasteiger partial charge in [-0.05, 0) is 44.5 Å². The Bertz CT molecular complexity index is 1140. The van der Waals surface area contributed by atoms with Gasteiger partial charge in [-0.2, -0.15) is 0 Å². The van der Waals surface area contributed by atoms with Gasteiger partial charge in [0.1, 0.15) is 11.5 Å². The molecule has 1 saturated heterocycles. The molecule has 2 heterocycles. The predicted octanol–water partition coefficient (Wildman–Crippen LogP) is 3.53. The van der Waals surface area contributed by atoms with Gasteiger partial charge in [-0.1, -0.05) is 48.0 Å². The van der Waals surface area contributed by atoms with Gasteiger partial charge in [0.15, 0.2) is 0 Å². The molecule has 1 atom stereocenters. The summed E-state index contributed by atoms with van der Waals surface area (Å²) in [5.41, 5.74) is 4.05. The summed E-state index contributed by atoms with van der Waals surface area (Å²) in [5, 5.41) is 2.92. The second-order valence-corrected chi connectivity index (χ2v) is 10.9. The number of oxazole rings is 1. The summed E-state index contributed by atoms with van der Waals surface area (Å²) in [6, 6.07) is 18.5. The first kappa shape index (κ1) is 26.3. The van der Waals surface area contributed by atoms with E-state index < -0.39 is 10.8 Å². The summed E-state index contributed by atoms with van der Waals surface area (Å²) >= 11 is 0. The molecule has 192 valence electrons. The van der Waals surface area contributed by atoms with Crippen LogP contribution in [0.2, 0.25) is 0 Å². The van der Waals surface area contributed by atoms with Crippen molar-refractivity contribution in [3.63, 3.8) is 0 Å². The molecule has 0 unspecified atom stereocenters. The summed E-state index contributed by atoms with van der Waals surface area (Å²) in [6.45, 7) is 10.6. The Hall–Kier alpha value is -2.81. The van der Waals surface area contributed by atoms with E-state index in [-0.39, 0.29) is 17.4 Å². The van der Waals surface area contributed by atoms with Crippen molar-refractivity contribution in [1.29, 1.82) is 0 Å². The van der Waals surface area contributed by atoms with E-state index in [2.05, 4.69) is 50.4 Å². The van der Waals surface area contributed by atoms with Crippen LogP contribution < -0.4 is 5.32 Å². The highest BCUT2D eigenvalue weighted by molar-refractivity contribution is 7.84. The number of carbonyl (C=O) groups is 1. The fourth-order valence-electron chi connectivity index (χ4n) is 4.33. The van der Waals surface area contributed by atoms with Crippen molar-refractivity contribution in [2.45, 2.75) is 32.6 Å². The molecule has 2 aromatic carbocycles. The third-order valence-corrected chi connectivity index (χ3v) is 7.65. The molecular formula is C28H36N4O3S. The SMILES string of the molecule is Cc1ccc(-c2nc(C[S@](=O)CC(=O)NCCCN3CCN(Cc4ccccc4)CC3)c(C)o2)cc1. The highest BCUT2D eigenvalue weighted by atomic mass is 32.2. The molecule has 0 bridgehead atoms. The van der Waals surface area contributed by atoms with Crippen LogP contribution >= 0.6 is 0 Å². The summed E-state index contributed by atoms with van der Waals surface area (Å²) < 4.78 is 18.3. The van der Waals surface area contributed by atoms with Crippen molar-refractivity contribution in [2.75, 3.05) is 45.0 Å².